The van der Waals surface area contributed by atoms with Gasteiger partial charge in [-0.2, -0.15) is 0 Å². The van der Waals surface area contributed by atoms with Gasteiger partial charge >= 0.3 is 0 Å². The highest BCUT2D eigenvalue weighted by atomic mass is 35.5. The van der Waals surface area contributed by atoms with Gasteiger partial charge in [-0.15, -0.1) is 0 Å². The van der Waals surface area contributed by atoms with Crippen LogP contribution in [0, 0.1) is 0 Å². The van der Waals surface area contributed by atoms with Crippen LogP contribution in [0.1, 0.15) is 31.4 Å². The van der Waals surface area contributed by atoms with E-state index in [0.29, 0.717) is 16.5 Å². The van der Waals surface area contributed by atoms with Crippen molar-refractivity contribution < 1.29 is 8.42 Å². The molecule has 1 N–H and O–H groups in total. The molecular weight excluding hydrogens is 305 g/mol. The van der Waals surface area contributed by atoms with Crippen LogP contribution < -0.4 is 5.32 Å². The highest BCUT2D eigenvalue weighted by Gasteiger charge is 2.14. The lowest BCUT2D eigenvalue weighted by molar-refractivity contribution is 0.513. The minimum absolute atomic E-state index is 0.0237. The lowest BCUT2D eigenvalue weighted by Crippen LogP contribution is -2.24. The van der Waals surface area contributed by atoms with Crippen LogP contribution in [0.4, 0.5) is 0 Å². The number of benzene rings is 1. The number of hydrogen-bond acceptors (Lipinski definition) is 3. The van der Waals surface area contributed by atoms with Crippen molar-refractivity contribution in [3.63, 3.8) is 0 Å². The van der Waals surface area contributed by atoms with E-state index in [0.717, 1.165) is 18.5 Å². The Morgan fingerprint density at radius 1 is 1.26 bits per heavy atom. The summed E-state index contributed by atoms with van der Waals surface area (Å²) >= 11 is 11.9. The first kappa shape index (κ1) is 16.8. The van der Waals surface area contributed by atoms with E-state index in [9.17, 15) is 8.42 Å². The smallest absolute Gasteiger partial charge is 0.147 e. The average molecular weight is 324 g/mol. The van der Waals surface area contributed by atoms with E-state index in [2.05, 4.69) is 12.2 Å². The zero-order chi connectivity index (χ0) is 14.5. The molecule has 3 nitrogen and oxygen atoms in total. The van der Waals surface area contributed by atoms with E-state index < -0.39 is 9.84 Å². The molecule has 0 aliphatic carbocycles. The molecule has 0 amide bonds. The van der Waals surface area contributed by atoms with Crippen LogP contribution in [0.25, 0.3) is 0 Å². The van der Waals surface area contributed by atoms with Crippen LogP contribution in [0.5, 0.6) is 0 Å². The maximum absolute atomic E-state index is 11.3. The fraction of sp³-hybridized carbons (Fsp3) is 0.538. The summed E-state index contributed by atoms with van der Waals surface area (Å²) in [4.78, 5) is 0. The van der Waals surface area contributed by atoms with E-state index in [-0.39, 0.29) is 11.8 Å². The third-order valence-corrected chi connectivity index (χ3v) is 4.48. The highest BCUT2D eigenvalue weighted by molar-refractivity contribution is 7.90. The molecule has 0 heterocycles. The Labute approximate surface area is 125 Å². The second kappa shape index (κ2) is 7.48. The molecule has 0 aliphatic rings. The molecule has 0 saturated carbocycles. The standard InChI is InChI=1S/C13H19Cl2NO2S/c1-3-7-16-13(6-8-19(2,17)18)10-4-5-11(14)12(15)9-10/h4-5,9,13,16H,3,6-8H2,1-2H3. The van der Waals surface area contributed by atoms with E-state index in [1.165, 1.54) is 6.26 Å². The largest absolute Gasteiger partial charge is 0.310 e. The summed E-state index contributed by atoms with van der Waals surface area (Å²) in [5.74, 6) is 0.147. The van der Waals surface area contributed by atoms with Gasteiger partial charge in [0.15, 0.2) is 0 Å². The average Bonchev–Trinajstić information content (AvgIpc) is 2.32. The van der Waals surface area contributed by atoms with Crippen LogP contribution in [-0.4, -0.2) is 27.0 Å². The SMILES string of the molecule is CCCNC(CCS(C)(=O)=O)c1ccc(Cl)c(Cl)c1. The maximum Gasteiger partial charge on any atom is 0.147 e. The number of sulfone groups is 1. The molecule has 0 bridgehead atoms. The lowest BCUT2D eigenvalue weighted by Gasteiger charge is -2.19. The second-order valence-electron chi connectivity index (χ2n) is 4.60. The molecule has 6 heteroatoms. The minimum atomic E-state index is -2.97. The van der Waals surface area contributed by atoms with Crippen molar-refractivity contribution in [2.75, 3.05) is 18.6 Å². The van der Waals surface area contributed by atoms with Gasteiger partial charge in [-0.05, 0) is 37.1 Å². The summed E-state index contributed by atoms with van der Waals surface area (Å²) in [6.45, 7) is 2.89. The van der Waals surface area contributed by atoms with Crippen LogP contribution >= 0.6 is 23.2 Å². The summed E-state index contributed by atoms with van der Waals surface area (Å²) in [6.07, 6.45) is 2.76. The molecule has 1 rings (SSSR count). The molecule has 19 heavy (non-hydrogen) atoms. The molecule has 1 aromatic rings. The van der Waals surface area contributed by atoms with Crippen LogP contribution in [0.15, 0.2) is 18.2 Å². The molecule has 0 fully saturated rings. The third kappa shape index (κ3) is 6.13. The molecule has 0 saturated heterocycles. The lowest BCUT2D eigenvalue weighted by atomic mass is 10.0. The van der Waals surface area contributed by atoms with Crippen LogP contribution in [0.2, 0.25) is 10.0 Å². The van der Waals surface area contributed by atoms with Crippen LogP contribution in [-0.2, 0) is 9.84 Å². The van der Waals surface area contributed by atoms with Crippen molar-refractivity contribution in [3.8, 4) is 0 Å². The summed E-state index contributed by atoms with van der Waals surface area (Å²) in [6, 6.07) is 5.38. The first-order valence-corrected chi connectivity index (χ1v) is 9.01. The molecule has 0 aliphatic heterocycles. The zero-order valence-electron chi connectivity index (χ0n) is 11.1. The summed E-state index contributed by atoms with van der Waals surface area (Å²) in [7, 11) is -2.97. The normalized spacial score (nSPS) is 13.5. The maximum atomic E-state index is 11.3. The van der Waals surface area contributed by atoms with Gasteiger partial charge in [0.1, 0.15) is 9.84 Å². The molecule has 1 aromatic carbocycles. The highest BCUT2D eigenvalue weighted by Crippen LogP contribution is 2.27. The molecular formula is C13H19Cl2NO2S. The first-order chi connectivity index (χ1) is 8.83. The molecule has 108 valence electrons. The number of rotatable bonds is 7. The van der Waals surface area contributed by atoms with Gasteiger partial charge in [0.05, 0.1) is 15.8 Å². The topological polar surface area (TPSA) is 46.2 Å². The summed E-state index contributed by atoms with van der Waals surface area (Å²) < 4.78 is 22.6. The van der Waals surface area contributed by atoms with Gasteiger partial charge in [0.25, 0.3) is 0 Å². The van der Waals surface area contributed by atoms with Crippen molar-refractivity contribution in [1.82, 2.24) is 5.32 Å². The quantitative estimate of drug-likeness (QED) is 0.835. The van der Waals surface area contributed by atoms with Crippen LogP contribution in [0.3, 0.4) is 0 Å². The predicted molar refractivity (Wildman–Crippen MR) is 81.8 cm³/mol. The summed E-state index contributed by atoms with van der Waals surface area (Å²) in [5.41, 5.74) is 0.964. The minimum Gasteiger partial charge on any atom is -0.310 e. The monoisotopic (exact) mass is 323 g/mol. The van der Waals surface area contributed by atoms with Gasteiger partial charge in [-0.1, -0.05) is 36.2 Å². The van der Waals surface area contributed by atoms with E-state index in [1.54, 1.807) is 12.1 Å². The van der Waals surface area contributed by atoms with E-state index >= 15 is 0 Å². The molecule has 1 unspecified atom stereocenters. The van der Waals surface area contributed by atoms with Crippen molar-refractivity contribution in [3.05, 3.63) is 33.8 Å². The van der Waals surface area contributed by atoms with Gasteiger partial charge in [-0.3, -0.25) is 0 Å². The first-order valence-electron chi connectivity index (χ1n) is 6.19. The fourth-order valence-electron chi connectivity index (χ4n) is 1.77. The Morgan fingerprint density at radius 3 is 2.47 bits per heavy atom. The van der Waals surface area contributed by atoms with Crippen molar-refractivity contribution in [1.29, 1.82) is 0 Å². The van der Waals surface area contributed by atoms with Gasteiger partial charge in [0.2, 0.25) is 0 Å². The Balaban J connectivity index is 2.85. The molecule has 0 radical (unpaired) electrons. The van der Waals surface area contributed by atoms with Gasteiger partial charge < -0.3 is 5.32 Å². The van der Waals surface area contributed by atoms with Gasteiger partial charge in [-0.25, -0.2) is 8.42 Å². The van der Waals surface area contributed by atoms with E-state index in [1.807, 2.05) is 6.07 Å². The van der Waals surface area contributed by atoms with Crippen molar-refractivity contribution in [2.24, 2.45) is 0 Å². The number of halogens is 2. The van der Waals surface area contributed by atoms with Crippen molar-refractivity contribution in [2.45, 2.75) is 25.8 Å². The summed E-state index contributed by atoms with van der Waals surface area (Å²) in [5, 5.41) is 4.33. The Hall–Kier alpha value is -0.290. The van der Waals surface area contributed by atoms with Gasteiger partial charge in [0, 0.05) is 12.3 Å². The second-order valence-corrected chi connectivity index (χ2v) is 7.67. The third-order valence-electron chi connectivity index (χ3n) is 2.76. The predicted octanol–water partition coefficient (Wildman–Crippen LogP) is 3.47. The Kier molecular flexibility index (Phi) is 6.60. The number of hydrogen-bond donors (Lipinski definition) is 1. The van der Waals surface area contributed by atoms with Crippen molar-refractivity contribution >= 4 is 33.0 Å². The molecule has 0 spiro atoms. The molecule has 1 atom stereocenters. The van der Waals surface area contributed by atoms with E-state index in [4.69, 9.17) is 23.2 Å². The Bertz CT molecular complexity index is 517. The molecule has 0 aromatic heterocycles. The fourth-order valence-corrected chi connectivity index (χ4v) is 2.74. The zero-order valence-corrected chi connectivity index (χ0v) is 13.4. The number of nitrogens with one attached hydrogen (secondary N) is 1. The Morgan fingerprint density at radius 2 is 1.95 bits per heavy atom.